The molecule has 0 saturated carbocycles. The maximum absolute atomic E-state index is 11.5. The van der Waals surface area contributed by atoms with E-state index in [2.05, 4.69) is 19.2 Å². The molecule has 0 aliphatic rings. The predicted octanol–water partition coefficient (Wildman–Crippen LogP) is 3.86. The van der Waals surface area contributed by atoms with Gasteiger partial charge in [0.2, 0.25) is 5.91 Å². The summed E-state index contributed by atoms with van der Waals surface area (Å²) < 4.78 is 0. The first-order chi connectivity index (χ1) is 8.00. The molecule has 0 aliphatic heterocycles. The minimum atomic E-state index is -0.000290. The lowest BCUT2D eigenvalue weighted by Crippen LogP contribution is -2.28. The van der Waals surface area contributed by atoms with Gasteiger partial charge in [-0.25, -0.2) is 0 Å². The predicted molar refractivity (Wildman–Crippen MR) is 75.0 cm³/mol. The second-order valence-electron chi connectivity index (χ2n) is 4.04. The van der Waals surface area contributed by atoms with Crippen LogP contribution < -0.4 is 5.32 Å². The molecule has 0 unspecified atom stereocenters. The monoisotopic (exact) mass is 291 g/mol. The summed E-state index contributed by atoms with van der Waals surface area (Å²) in [6, 6.07) is 5.32. The zero-order chi connectivity index (χ0) is 12.8. The molecule has 17 heavy (non-hydrogen) atoms. The number of hydrogen-bond donors (Lipinski definition) is 1. The average molecular weight is 292 g/mol. The van der Waals surface area contributed by atoms with Gasteiger partial charge in [-0.3, -0.25) is 4.79 Å². The van der Waals surface area contributed by atoms with Crippen molar-refractivity contribution in [1.29, 1.82) is 0 Å². The third kappa shape index (κ3) is 5.19. The van der Waals surface area contributed by atoms with Gasteiger partial charge in [-0.05, 0) is 18.1 Å². The minimum absolute atomic E-state index is 0.000290. The molecule has 1 aromatic carbocycles. The van der Waals surface area contributed by atoms with E-state index in [4.69, 9.17) is 23.2 Å². The normalized spacial score (nSPS) is 10.6. The van der Waals surface area contributed by atoms with Crippen molar-refractivity contribution in [2.24, 2.45) is 5.92 Å². The Morgan fingerprint density at radius 2 is 1.94 bits per heavy atom. The van der Waals surface area contributed by atoms with E-state index >= 15 is 0 Å². The first-order valence-electron chi connectivity index (χ1n) is 5.34. The molecule has 0 spiro atoms. The Kier molecular flexibility index (Phi) is 6.17. The lowest BCUT2D eigenvalue weighted by Gasteiger charge is -2.08. The fraction of sp³-hybridized carbons (Fsp3) is 0.417. The fourth-order valence-electron chi connectivity index (χ4n) is 1.13. The Bertz CT molecular complexity index is 376. The van der Waals surface area contributed by atoms with Crippen molar-refractivity contribution in [3.05, 3.63) is 28.2 Å². The SMILES string of the molecule is CC(C)CNC(=O)CSc1c(Cl)cccc1Cl. The van der Waals surface area contributed by atoms with Crippen LogP contribution >= 0.6 is 35.0 Å². The Morgan fingerprint density at radius 1 is 1.35 bits per heavy atom. The molecule has 0 bridgehead atoms. The molecule has 0 atom stereocenters. The van der Waals surface area contributed by atoms with Crippen LogP contribution in [0.4, 0.5) is 0 Å². The summed E-state index contributed by atoms with van der Waals surface area (Å²) in [4.78, 5) is 12.3. The number of thioether (sulfide) groups is 1. The highest BCUT2D eigenvalue weighted by atomic mass is 35.5. The van der Waals surface area contributed by atoms with Crippen LogP contribution in [0.25, 0.3) is 0 Å². The third-order valence-electron chi connectivity index (χ3n) is 1.97. The molecule has 0 saturated heterocycles. The highest BCUT2D eigenvalue weighted by Gasteiger charge is 2.09. The van der Waals surface area contributed by atoms with Crippen LogP contribution in [0.1, 0.15) is 13.8 Å². The highest BCUT2D eigenvalue weighted by Crippen LogP contribution is 2.33. The third-order valence-corrected chi connectivity index (χ3v) is 3.96. The van der Waals surface area contributed by atoms with Crippen molar-refractivity contribution in [2.45, 2.75) is 18.7 Å². The molecule has 0 heterocycles. The van der Waals surface area contributed by atoms with E-state index in [1.807, 2.05) is 0 Å². The lowest BCUT2D eigenvalue weighted by molar-refractivity contribution is -0.118. The standard InChI is InChI=1S/C12H15Cl2NOS/c1-8(2)6-15-11(16)7-17-12-9(13)4-3-5-10(12)14/h3-5,8H,6-7H2,1-2H3,(H,15,16). The van der Waals surface area contributed by atoms with Crippen LogP contribution in [0.5, 0.6) is 0 Å². The van der Waals surface area contributed by atoms with Crippen molar-refractivity contribution < 1.29 is 4.79 Å². The Labute approximate surface area is 116 Å². The Balaban J connectivity index is 2.47. The second kappa shape index (κ2) is 7.14. The van der Waals surface area contributed by atoms with Crippen molar-refractivity contribution in [3.8, 4) is 0 Å². The largest absolute Gasteiger partial charge is 0.355 e. The minimum Gasteiger partial charge on any atom is -0.355 e. The van der Waals surface area contributed by atoms with Gasteiger partial charge in [-0.1, -0.05) is 43.1 Å². The highest BCUT2D eigenvalue weighted by molar-refractivity contribution is 8.00. The van der Waals surface area contributed by atoms with Gasteiger partial charge in [0.15, 0.2) is 0 Å². The van der Waals surface area contributed by atoms with Crippen LogP contribution in [-0.2, 0) is 4.79 Å². The van der Waals surface area contributed by atoms with Crippen LogP contribution in [0.2, 0.25) is 10.0 Å². The first kappa shape index (κ1) is 14.7. The van der Waals surface area contributed by atoms with Gasteiger partial charge in [0, 0.05) is 11.4 Å². The summed E-state index contributed by atoms with van der Waals surface area (Å²) in [7, 11) is 0. The summed E-state index contributed by atoms with van der Waals surface area (Å²) in [5.74, 6) is 0.781. The average Bonchev–Trinajstić information content (AvgIpc) is 2.25. The number of carbonyl (C=O) groups excluding carboxylic acids is 1. The number of carbonyl (C=O) groups is 1. The first-order valence-corrected chi connectivity index (χ1v) is 7.08. The zero-order valence-corrected chi connectivity index (χ0v) is 12.1. The molecule has 5 heteroatoms. The number of amides is 1. The molecule has 1 amide bonds. The maximum atomic E-state index is 11.5. The molecule has 1 aromatic rings. The molecule has 0 aromatic heterocycles. The molecule has 0 radical (unpaired) electrons. The molecule has 0 aliphatic carbocycles. The zero-order valence-electron chi connectivity index (χ0n) is 9.80. The molecule has 1 N–H and O–H groups in total. The van der Waals surface area contributed by atoms with Gasteiger partial charge >= 0.3 is 0 Å². The summed E-state index contributed by atoms with van der Waals surface area (Å²) in [5, 5.41) is 4.01. The maximum Gasteiger partial charge on any atom is 0.230 e. The quantitative estimate of drug-likeness (QED) is 0.835. The van der Waals surface area contributed by atoms with E-state index in [0.29, 0.717) is 28.3 Å². The molecule has 2 nitrogen and oxygen atoms in total. The van der Waals surface area contributed by atoms with Gasteiger partial charge in [0.05, 0.1) is 15.8 Å². The molecule has 1 rings (SSSR count). The smallest absolute Gasteiger partial charge is 0.230 e. The van der Waals surface area contributed by atoms with Gasteiger partial charge in [0.1, 0.15) is 0 Å². The van der Waals surface area contributed by atoms with Gasteiger partial charge in [0.25, 0.3) is 0 Å². The van der Waals surface area contributed by atoms with Crippen molar-refractivity contribution in [1.82, 2.24) is 5.32 Å². The van der Waals surface area contributed by atoms with E-state index in [-0.39, 0.29) is 5.91 Å². The molecule has 94 valence electrons. The molecular formula is C12H15Cl2NOS. The van der Waals surface area contributed by atoms with Crippen LogP contribution in [0, 0.1) is 5.92 Å². The van der Waals surface area contributed by atoms with Crippen LogP contribution in [0.3, 0.4) is 0 Å². The number of hydrogen-bond acceptors (Lipinski definition) is 2. The van der Waals surface area contributed by atoms with E-state index in [9.17, 15) is 4.79 Å². The number of nitrogens with one attached hydrogen (secondary N) is 1. The Hall–Kier alpha value is -0.380. The van der Waals surface area contributed by atoms with E-state index in [1.54, 1.807) is 18.2 Å². The second-order valence-corrected chi connectivity index (χ2v) is 5.84. The number of rotatable bonds is 5. The number of halogens is 2. The Morgan fingerprint density at radius 3 is 2.47 bits per heavy atom. The van der Waals surface area contributed by atoms with E-state index < -0.39 is 0 Å². The number of benzene rings is 1. The van der Waals surface area contributed by atoms with Gasteiger partial charge in [-0.15, -0.1) is 11.8 Å². The van der Waals surface area contributed by atoms with Crippen molar-refractivity contribution >= 4 is 40.9 Å². The molecular weight excluding hydrogens is 277 g/mol. The van der Waals surface area contributed by atoms with Crippen LogP contribution in [-0.4, -0.2) is 18.2 Å². The lowest BCUT2D eigenvalue weighted by atomic mass is 10.2. The summed E-state index contributed by atoms with van der Waals surface area (Å²) in [5.41, 5.74) is 0. The van der Waals surface area contributed by atoms with Crippen molar-refractivity contribution in [3.63, 3.8) is 0 Å². The van der Waals surface area contributed by atoms with Gasteiger partial charge < -0.3 is 5.32 Å². The van der Waals surface area contributed by atoms with Crippen LogP contribution in [0.15, 0.2) is 23.1 Å². The van der Waals surface area contributed by atoms with E-state index in [1.165, 1.54) is 11.8 Å². The summed E-state index contributed by atoms with van der Waals surface area (Å²) in [6.07, 6.45) is 0. The van der Waals surface area contributed by atoms with E-state index in [0.717, 1.165) is 4.90 Å². The summed E-state index contributed by atoms with van der Waals surface area (Å²) in [6.45, 7) is 4.80. The van der Waals surface area contributed by atoms with Gasteiger partial charge in [-0.2, -0.15) is 0 Å². The fourth-order valence-corrected chi connectivity index (χ4v) is 2.64. The topological polar surface area (TPSA) is 29.1 Å². The molecule has 0 fully saturated rings. The summed E-state index contributed by atoms with van der Waals surface area (Å²) >= 11 is 13.4. The van der Waals surface area contributed by atoms with Crippen molar-refractivity contribution in [2.75, 3.05) is 12.3 Å².